The Balaban J connectivity index is 1.88. The zero-order chi connectivity index (χ0) is 14.4. The summed E-state index contributed by atoms with van der Waals surface area (Å²) in [6, 6.07) is 10.6. The van der Waals surface area contributed by atoms with Crippen LogP contribution in [-0.2, 0) is 6.42 Å². The van der Waals surface area contributed by atoms with Crippen molar-refractivity contribution in [3.05, 3.63) is 41.7 Å². The van der Waals surface area contributed by atoms with E-state index in [1.165, 1.54) is 29.7 Å². The molecule has 0 fully saturated rings. The van der Waals surface area contributed by atoms with Gasteiger partial charge in [0, 0.05) is 11.0 Å². The fourth-order valence-corrected chi connectivity index (χ4v) is 2.72. The second-order valence-corrected chi connectivity index (χ2v) is 5.94. The van der Waals surface area contributed by atoms with Crippen molar-refractivity contribution in [1.82, 2.24) is 5.16 Å². The smallest absolute Gasteiger partial charge is 0.179 e. The Labute approximate surface area is 125 Å². The number of aromatic nitrogens is 1. The van der Waals surface area contributed by atoms with Crippen LogP contribution < -0.4 is 4.72 Å². The zero-order valence-electron chi connectivity index (χ0n) is 12.3. The van der Waals surface area contributed by atoms with Crippen LogP contribution in [0, 0.1) is 12.8 Å². The molecule has 0 aliphatic heterocycles. The first kappa shape index (κ1) is 15.0. The van der Waals surface area contributed by atoms with Crippen molar-refractivity contribution in [2.75, 3.05) is 4.72 Å². The molecule has 0 spiro atoms. The molecule has 1 aromatic carbocycles. The van der Waals surface area contributed by atoms with E-state index >= 15 is 0 Å². The lowest BCUT2D eigenvalue weighted by Crippen LogP contribution is -2.01. The van der Waals surface area contributed by atoms with Gasteiger partial charge in [-0.25, -0.2) is 0 Å². The van der Waals surface area contributed by atoms with E-state index in [0.717, 1.165) is 17.5 Å². The molecule has 0 atom stereocenters. The van der Waals surface area contributed by atoms with Gasteiger partial charge in [-0.2, -0.15) is 0 Å². The minimum absolute atomic E-state index is 0.758. The molecule has 0 radical (unpaired) electrons. The van der Waals surface area contributed by atoms with E-state index in [0.29, 0.717) is 0 Å². The number of hydrogen-bond acceptors (Lipinski definition) is 4. The molecule has 0 saturated carbocycles. The predicted octanol–water partition coefficient (Wildman–Crippen LogP) is 5.08. The second-order valence-electron chi connectivity index (χ2n) is 5.06. The number of nitrogens with one attached hydrogen (secondary N) is 1. The van der Waals surface area contributed by atoms with Gasteiger partial charge in [-0.15, -0.1) is 0 Å². The van der Waals surface area contributed by atoms with E-state index in [4.69, 9.17) is 4.52 Å². The van der Waals surface area contributed by atoms with Crippen LogP contribution >= 0.6 is 11.9 Å². The number of rotatable bonds is 7. The van der Waals surface area contributed by atoms with Gasteiger partial charge in [-0.1, -0.05) is 44.0 Å². The van der Waals surface area contributed by atoms with E-state index in [2.05, 4.69) is 48.0 Å². The molecule has 20 heavy (non-hydrogen) atoms. The minimum Gasteiger partial charge on any atom is -0.360 e. The first-order valence-electron chi connectivity index (χ1n) is 7.16. The largest absolute Gasteiger partial charge is 0.360 e. The molecule has 2 aromatic rings. The molecule has 0 bridgehead atoms. The number of hydrogen-bond donors (Lipinski definition) is 1. The Morgan fingerprint density at radius 3 is 2.45 bits per heavy atom. The minimum atomic E-state index is 0.758. The van der Waals surface area contributed by atoms with E-state index in [1.807, 2.05) is 13.0 Å². The summed E-state index contributed by atoms with van der Waals surface area (Å²) < 4.78 is 8.19. The van der Waals surface area contributed by atoms with Gasteiger partial charge in [0.25, 0.3) is 0 Å². The monoisotopic (exact) mass is 290 g/mol. The lowest BCUT2D eigenvalue weighted by Gasteiger charge is -2.12. The molecular formula is C16H22N2OS. The van der Waals surface area contributed by atoms with Crippen LogP contribution in [0.1, 0.15) is 38.0 Å². The summed E-state index contributed by atoms with van der Waals surface area (Å²) in [6.45, 7) is 6.42. The highest BCUT2D eigenvalue weighted by molar-refractivity contribution is 8.00. The fourth-order valence-electron chi connectivity index (χ4n) is 2.13. The summed E-state index contributed by atoms with van der Waals surface area (Å²) in [5.41, 5.74) is 1.42. The first-order chi connectivity index (χ1) is 9.71. The molecule has 1 aromatic heterocycles. The van der Waals surface area contributed by atoms with Crippen LogP contribution in [-0.4, -0.2) is 5.16 Å². The normalized spacial score (nSPS) is 11.0. The number of anilines is 1. The number of aryl methyl sites for hydroxylation is 1. The van der Waals surface area contributed by atoms with Crippen molar-refractivity contribution in [3.8, 4) is 0 Å². The Morgan fingerprint density at radius 2 is 1.90 bits per heavy atom. The molecule has 0 amide bonds. The van der Waals surface area contributed by atoms with Crippen LogP contribution in [0.15, 0.2) is 39.8 Å². The Hall–Kier alpha value is -1.42. The summed E-state index contributed by atoms with van der Waals surface area (Å²) >= 11 is 1.55. The Kier molecular flexibility index (Phi) is 5.53. The van der Waals surface area contributed by atoms with Gasteiger partial charge >= 0.3 is 0 Å². The molecule has 3 nitrogen and oxygen atoms in total. The molecule has 0 aliphatic carbocycles. The van der Waals surface area contributed by atoms with E-state index in [9.17, 15) is 0 Å². The fraction of sp³-hybridized carbons (Fsp3) is 0.438. The highest BCUT2D eigenvalue weighted by atomic mass is 32.2. The van der Waals surface area contributed by atoms with Gasteiger partial charge in [0.15, 0.2) is 5.82 Å². The van der Waals surface area contributed by atoms with Crippen molar-refractivity contribution in [1.29, 1.82) is 0 Å². The molecule has 0 saturated heterocycles. The second kappa shape index (κ2) is 7.39. The lowest BCUT2D eigenvalue weighted by molar-refractivity contribution is 0.400. The summed E-state index contributed by atoms with van der Waals surface area (Å²) in [5.74, 6) is 2.37. The molecule has 1 heterocycles. The zero-order valence-corrected chi connectivity index (χ0v) is 13.2. The van der Waals surface area contributed by atoms with Crippen LogP contribution in [0.3, 0.4) is 0 Å². The summed E-state index contributed by atoms with van der Waals surface area (Å²) in [7, 11) is 0. The lowest BCUT2D eigenvalue weighted by atomic mass is 9.95. The van der Waals surface area contributed by atoms with Crippen molar-refractivity contribution in [2.24, 2.45) is 5.92 Å². The third-order valence-electron chi connectivity index (χ3n) is 3.50. The van der Waals surface area contributed by atoms with Gasteiger partial charge in [0.1, 0.15) is 5.76 Å². The van der Waals surface area contributed by atoms with Crippen molar-refractivity contribution >= 4 is 17.8 Å². The average molecular weight is 290 g/mol. The predicted molar refractivity (Wildman–Crippen MR) is 84.9 cm³/mol. The van der Waals surface area contributed by atoms with Crippen LogP contribution in [0.5, 0.6) is 0 Å². The van der Waals surface area contributed by atoms with Crippen LogP contribution in [0.25, 0.3) is 0 Å². The highest BCUT2D eigenvalue weighted by Gasteiger charge is 2.05. The van der Waals surface area contributed by atoms with Crippen LogP contribution in [0.2, 0.25) is 0 Å². The highest BCUT2D eigenvalue weighted by Crippen LogP contribution is 2.22. The van der Waals surface area contributed by atoms with Gasteiger partial charge in [-0.05, 0) is 48.9 Å². The average Bonchev–Trinajstić information content (AvgIpc) is 2.89. The van der Waals surface area contributed by atoms with E-state index < -0.39 is 0 Å². The van der Waals surface area contributed by atoms with Crippen molar-refractivity contribution < 1.29 is 4.52 Å². The topological polar surface area (TPSA) is 38.1 Å². The maximum Gasteiger partial charge on any atom is 0.179 e. The molecule has 1 N–H and O–H groups in total. The molecule has 108 valence electrons. The third kappa shape index (κ3) is 4.30. The van der Waals surface area contributed by atoms with Crippen molar-refractivity contribution in [3.63, 3.8) is 0 Å². The Bertz CT molecular complexity index is 518. The molecular weight excluding hydrogens is 268 g/mol. The Morgan fingerprint density at radius 1 is 1.20 bits per heavy atom. The van der Waals surface area contributed by atoms with E-state index in [1.54, 1.807) is 11.9 Å². The van der Waals surface area contributed by atoms with Gasteiger partial charge in [-0.3, -0.25) is 0 Å². The number of benzene rings is 1. The van der Waals surface area contributed by atoms with Gasteiger partial charge in [0.05, 0.1) is 0 Å². The molecule has 0 aliphatic rings. The van der Waals surface area contributed by atoms with Crippen LogP contribution in [0.4, 0.5) is 5.82 Å². The summed E-state index contributed by atoms with van der Waals surface area (Å²) in [6.07, 6.45) is 3.67. The quantitative estimate of drug-likeness (QED) is 0.721. The first-order valence-corrected chi connectivity index (χ1v) is 7.98. The molecule has 0 unspecified atom stereocenters. The standard InChI is InChI=1S/C16H22N2OS/c1-4-13(5-2)11-14-6-8-15(9-7-14)20-18-16-10-12(3)19-17-16/h6-10,13H,4-5,11H2,1-3H3,(H,17,18). The van der Waals surface area contributed by atoms with Gasteiger partial charge < -0.3 is 9.25 Å². The summed E-state index contributed by atoms with van der Waals surface area (Å²) in [4.78, 5) is 1.18. The molecule has 4 heteroatoms. The number of nitrogens with zero attached hydrogens (tertiary/aromatic N) is 1. The van der Waals surface area contributed by atoms with Crippen molar-refractivity contribution in [2.45, 2.75) is 44.9 Å². The van der Waals surface area contributed by atoms with E-state index in [-0.39, 0.29) is 0 Å². The third-order valence-corrected chi connectivity index (χ3v) is 4.32. The maximum absolute atomic E-state index is 5.01. The molecule has 2 rings (SSSR count). The van der Waals surface area contributed by atoms with Gasteiger partial charge in [0.2, 0.25) is 0 Å². The summed E-state index contributed by atoms with van der Waals surface area (Å²) in [5, 5.41) is 3.90. The maximum atomic E-state index is 5.01. The SMILES string of the molecule is CCC(CC)Cc1ccc(SNc2cc(C)on2)cc1.